The highest BCUT2D eigenvalue weighted by Gasteiger charge is 2.30. The average Bonchev–Trinajstić information content (AvgIpc) is 2.96. The van der Waals surface area contributed by atoms with Crippen LogP contribution in [0.2, 0.25) is 0 Å². The van der Waals surface area contributed by atoms with Crippen LogP contribution in [0, 0.1) is 5.82 Å². The highest BCUT2D eigenvalue weighted by atomic mass is 32.2. The lowest BCUT2D eigenvalue weighted by molar-refractivity contribution is 0.179. The molecule has 8 heteroatoms. The second kappa shape index (κ2) is 16.9. The number of likely N-dealkylation sites (N-methyl/N-ethyl adjacent to an activating group) is 1. The van der Waals surface area contributed by atoms with E-state index in [4.69, 9.17) is 0 Å². The van der Waals surface area contributed by atoms with Crippen molar-refractivity contribution in [3.63, 3.8) is 0 Å². The fourth-order valence-electron chi connectivity index (χ4n) is 4.56. The maximum absolute atomic E-state index is 12.9. The maximum Gasteiger partial charge on any atom is 0.243 e. The molecule has 0 amide bonds. The van der Waals surface area contributed by atoms with Gasteiger partial charge in [-0.05, 0) is 108 Å². The summed E-state index contributed by atoms with van der Waals surface area (Å²) < 4.78 is 40.1. The molecular weight excluding hydrogens is 547 g/mol. The molecule has 228 valence electrons. The van der Waals surface area contributed by atoms with Gasteiger partial charge in [-0.25, -0.2) is 12.8 Å². The predicted octanol–water partition coefficient (Wildman–Crippen LogP) is 7.19. The molecule has 2 aromatic rings. The number of nitrogens with one attached hydrogen (secondary N) is 1. The molecule has 3 rings (SSSR count). The number of piperidine rings is 1. The Hall–Kier alpha value is -3.33. The number of sulfonamides is 1. The summed E-state index contributed by atoms with van der Waals surface area (Å²) in [6.07, 6.45) is 8.07. The number of benzene rings is 2. The summed E-state index contributed by atoms with van der Waals surface area (Å²) in [5.41, 5.74) is 5.93. The van der Waals surface area contributed by atoms with Crippen LogP contribution in [0.25, 0.3) is 5.70 Å². The summed E-state index contributed by atoms with van der Waals surface area (Å²) in [5, 5.41) is 3.14. The largest absolute Gasteiger partial charge is 0.366 e. The Bertz CT molecular complexity index is 1370. The second-order valence-corrected chi connectivity index (χ2v) is 12.8. The minimum atomic E-state index is -3.39. The number of aryl methyl sites for hydroxylation is 1. The molecule has 0 unspecified atom stereocenters. The van der Waals surface area contributed by atoms with Crippen molar-refractivity contribution in [2.75, 3.05) is 26.7 Å². The third-order valence-corrected chi connectivity index (χ3v) is 8.75. The van der Waals surface area contributed by atoms with Crippen LogP contribution in [0.1, 0.15) is 58.6 Å². The number of hydrogen-bond acceptors (Lipinski definition) is 5. The molecule has 42 heavy (non-hydrogen) atoms. The number of halogens is 1. The number of aliphatic imine (C=N–C) groups is 1. The van der Waals surface area contributed by atoms with E-state index in [1.54, 1.807) is 40.7 Å². The molecule has 1 aliphatic heterocycles. The van der Waals surface area contributed by atoms with Crippen molar-refractivity contribution >= 4 is 21.4 Å². The minimum absolute atomic E-state index is 0.242. The van der Waals surface area contributed by atoms with Crippen molar-refractivity contribution in [2.24, 2.45) is 4.99 Å². The molecule has 0 spiro atoms. The Morgan fingerprint density at radius 1 is 1.07 bits per heavy atom. The Labute approximate surface area is 253 Å². The van der Waals surface area contributed by atoms with Crippen LogP contribution in [-0.4, -0.2) is 56.1 Å². The zero-order chi connectivity index (χ0) is 31.3. The van der Waals surface area contributed by atoms with Gasteiger partial charge in [-0.3, -0.25) is 9.89 Å². The van der Waals surface area contributed by atoms with Gasteiger partial charge in [0, 0.05) is 48.8 Å². The summed E-state index contributed by atoms with van der Waals surface area (Å²) in [6.45, 7) is 19.4. The van der Waals surface area contributed by atoms with Crippen LogP contribution < -0.4 is 5.32 Å². The molecule has 0 aliphatic carbocycles. The van der Waals surface area contributed by atoms with E-state index in [2.05, 4.69) is 49.3 Å². The molecule has 6 nitrogen and oxygen atoms in total. The van der Waals surface area contributed by atoms with Gasteiger partial charge in [0.2, 0.25) is 10.0 Å². The van der Waals surface area contributed by atoms with Crippen molar-refractivity contribution in [3.8, 4) is 0 Å². The van der Waals surface area contributed by atoms with Crippen LogP contribution >= 0.6 is 0 Å². The standard InChI is InChI=1S/C21H33N3O2S.C13H14FN/c1-6-19-7-9-21(10-8-19)27(25,26)24-13-11-20(12-14-24)23(5)16-18(4)15-22-17(2)3;1-4-5-13(15-10(2)3)11-6-8-12(14)9-7-11/h7-10,15,20,22H,2,6,11-14,16H2,1,3-5H3;4-9H,1H2,2-3H3/b18-15+;13-5-. The van der Waals surface area contributed by atoms with Gasteiger partial charge in [0.1, 0.15) is 5.82 Å². The van der Waals surface area contributed by atoms with E-state index in [1.807, 2.05) is 39.1 Å². The third-order valence-electron chi connectivity index (χ3n) is 6.84. The predicted molar refractivity (Wildman–Crippen MR) is 175 cm³/mol. The van der Waals surface area contributed by atoms with Gasteiger partial charge in [-0.1, -0.05) is 38.3 Å². The molecule has 2 aromatic carbocycles. The molecule has 1 fully saturated rings. The SMILES string of the molecule is C=C(C)N/C=C(\C)CN(C)C1CCN(S(=O)(=O)c2ccc(CC)cc2)CC1.C=C/C=C(\N=C(C)C)c1ccc(F)cc1. The Morgan fingerprint density at radius 3 is 2.17 bits per heavy atom. The lowest BCUT2D eigenvalue weighted by Crippen LogP contribution is -2.45. The van der Waals surface area contributed by atoms with Crippen molar-refractivity contribution in [3.05, 3.63) is 108 Å². The van der Waals surface area contributed by atoms with Gasteiger partial charge in [-0.2, -0.15) is 4.31 Å². The summed E-state index contributed by atoms with van der Waals surface area (Å²) in [5.74, 6) is -0.242. The molecule has 1 saturated heterocycles. The van der Waals surface area contributed by atoms with Crippen LogP contribution in [0.5, 0.6) is 0 Å². The molecular formula is C34H47FN4O2S. The highest BCUT2D eigenvalue weighted by Crippen LogP contribution is 2.23. The number of allylic oxidation sites excluding steroid dienone is 3. The van der Waals surface area contributed by atoms with Gasteiger partial charge in [0.15, 0.2) is 0 Å². The van der Waals surface area contributed by atoms with Crippen LogP contribution in [-0.2, 0) is 16.4 Å². The average molecular weight is 595 g/mol. The maximum atomic E-state index is 12.9. The van der Waals surface area contributed by atoms with Crippen molar-refractivity contribution in [2.45, 2.75) is 64.8 Å². The normalized spacial score (nSPS) is 15.0. The van der Waals surface area contributed by atoms with Crippen LogP contribution in [0.4, 0.5) is 4.39 Å². The molecule has 0 atom stereocenters. The highest BCUT2D eigenvalue weighted by molar-refractivity contribution is 7.89. The van der Waals surface area contributed by atoms with E-state index in [0.717, 1.165) is 54.0 Å². The summed E-state index contributed by atoms with van der Waals surface area (Å²) in [6, 6.07) is 13.9. The molecule has 0 radical (unpaired) electrons. The molecule has 1 heterocycles. The van der Waals surface area contributed by atoms with E-state index in [1.165, 1.54) is 17.7 Å². The fraction of sp³-hybridized carbons (Fsp3) is 0.382. The molecule has 0 bridgehead atoms. The summed E-state index contributed by atoms with van der Waals surface area (Å²) in [7, 11) is -1.29. The van der Waals surface area contributed by atoms with E-state index < -0.39 is 10.0 Å². The van der Waals surface area contributed by atoms with Gasteiger partial charge in [0.25, 0.3) is 0 Å². The number of rotatable bonds is 11. The van der Waals surface area contributed by atoms with Crippen LogP contribution in [0.15, 0.2) is 101 Å². The van der Waals surface area contributed by atoms with Crippen molar-refractivity contribution < 1.29 is 12.8 Å². The first-order valence-corrected chi connectivity index (χ1v) is 15.8. The third kappa shape index (κ3) is 11.2. The minimum Gasteiger partial charge on any atom is -0.366 e. The van der Waals surface area contributed by atoms with Gasteiger partial charge >= 0.3 is 0 Å². The fourth-order valence-corrected chi connectivity index (χ4v) is 6.02. The van der Waals surface area contributed by atoms with Crippen molar-refractivity contribution in [1.29, 1.82) is 0 Å². The first kappa shape index (κ1) is 34.9. The Morgan fingerprint density at radius 2 is 1.67 bits per heavy atom. The second-order valence-electron chi connectivity index (χ2n) is 10.8. The molecule has 1 N–H and O–H groups in total. The lowest BCUT2D eigenvalue weighted by atomic mass is 10.0. The van der Waals surface area contributed by atoms with Crippen molar-refractivity contribution in [1.82, 2.24) is 14.5 Å². The number of hydrogen-bond donors (Lipinski definition) is 1. The first-order valence-electron chi connectivity index (χ1n) is 14.3. The Kier molecular flexibility index (Phi) is 14.1. The zero-order valence-electron chi connectivity index (χ0n) is 26.0. The van der Waals surface area contributed by atoms with Gasteiger partial charge in [-0.15, -0.1) is 0 Å². The van der Waals surface area contributed by atoms with E-state index in [-0.39, 0.29) is 5.82 Å². The summed E-state index contributed by atoms with van der Waals surface area (Å²) in [4.78, 5) is 7.06. The summed E-state index contributed by atoms with van der Waals surface area (Å²) >= 11 is 0. The molecule has 0 aromatic heterocycles. The Balaban J connectivity index is 0.000000347. The number of nitrogens with zero attached hydrogens (tertiary/aromatic N) is 3. The molecule has 0 saturated carbocycles. The monoisotopic (exact) mass is 594 g/mol. The molecule has 1 aliphatic rings. The zero-order valence-corrected chi connectivity index (χ0v) is 26.8. The van der Waals surface area contributed by atoms with E-state index in [9.17, 15) is 12.8 Å². The first-order chi connectivity index (χ1) is 19.9. The quantitative estimate of drug-likeness (QED) is 0.221. The smallest absolute Gasteiger partial charge is 0.243 e. The van der Waals surface area contributed by atoms with Gasteiger partial charge < -0.3 is 5.32 Å². The lowest BCUT2D eigenvalue weighted by Gasteiger charge is -2.36. The topological polar surface area (TPSA) is 65.0 Å². The van der Waals surface area contributed by atoms with Crippen LogP contribution in [0.3, 0.4) is 0 Å². The van der Waals surface area contributed by atoms with E-state index >= 15 is 0 Å². The van der Waals surface area contributed by atoms with E-state index in [0.29, 0.717) is 24.0 Å². The van der Waals surface area contributed by atoms with Gasteiger partial charge in [0.05, 0.1) is 10.6 Å².